The Hall–Kier alpha value is -0.433. The molecular formula is C8H19NO4Si. The smallest absolute Gasteiger partial charge is 0.376 e. The number of amides is 1. The van der Waals surface area contributed by atoms with Gasteiger partial charge in [-0.1, -0.05) is 6.92 Å². The van der Waals surface area contributed by atoms with E-state index in [2.05, 4.69) is 0 Å². The quantitative estimate of drug-likeness (QED) is 0.604. The first kappa shape index (κ1) is 13.6. The van der Waals surface area contributed by atoms with E-state index in [-0.39, 0.29) is 5.91 Å². The minimum Gasteiger partial charge on any atom is -0.376 e. The number of carbonyl (C=O) groups excluding carboxylic acids is 1. The van der Waals surface area contributed by atoms with Gasteiger partial charge in [0, 0.05) is 34.8 Å². The van der Waals surface area contributed by atoms with E-state index in [0.29, 0.717) is 12.6 Å². The molecule has 0 N–H and O–H groups in total. The Morgan fingerprint density at radius 3 is 1.93 bits per heavy atom. The maximum absolute atomic E-state index is 11.3. The Balaban J connectivity index is 4.36. The fourth-order valence-electron chi connectivity index (χ4n) is 1.09. The first-order valence-corrected chi connectivity index (χ1v) is 6.37. The molecule has 0 unspecified atom stereocenters. The van der Waals surface area contributed by atoms with Crippen molar-refractivity contribution in [1.82, 2.24) is 4.90 Å². The number of carbonyl (C=O) groups is 1. The van der Waals surface area contributed by atoms with Crippen molar-refractivity contribution < 1.29 is 18.1 Å². The lowest BCUT2D eigenvalue weighted by atomic mass is 10.4. The van der Waals surface area contributed by atoms with E-state index in [1.807, 2.05) is 6.92 Å². The van der Waals surface area contributed by atoms with Gasteiger partial charge in [0.15, 0.2) is 0 Å². The molecule has 84 valence electrons. The van der Waals surface area contributed by atoms with Gasteiger partial charge in [-0.15, -0.1) is 0 Å². The molecule has 0 saturated carbocycles. The highest BCUT2D eigenvalue weighted by molar-refractivity contribution is 6.61. The van der Waals surface area contributed by atoms with E-state index in [1.54, 1.807) is 11.9 Å². The van der Waals surface area contributed by atoms with Crippen molar-refractivity contribution in [2.75, 3.05) is 34.5 Å². The van der Waals surface area contributed by atoms with Crippen LogP contribution in [0.25, 0.3) is 0 Å². The van der Waals surface area contributed by atoms with Gasteiger partial charge in [-0.25, -0.2) is 0 Å². The summed E-state index contributed by atoms with van der Waals surface area (Å²) in [6, 6.07) is 0. The molecular weight excluding hydrogens is 202 g/mol. The molecule has 0 aliphatic heterocycles. The Morgan fingerprint density at radius 2 is 1.64 bits per heavy atom. The van der Waals surface area contributed by atoms with Crippen LogP contribution in [-0.4, -0.2) is 54.2 Å². The maximum atomic E-state index is 11.3. The molecule has 0 aliphatic rings. The molecule has 0 heterocycles. The summed E-state index contributed by atoms with van der Waals surface area (Å²) in [5, 5.41) is 0. The summed E-state index contributed by atoms with van der Waals surface area (Å²) in [6.45, 7) is 1.81. The van der Waals surface area contributed by atoms with Crippen molar-refractivity contribution in [2.45, 2.75) is 13.3 Å². The van der Waals surface area contributed by atoms with Crippen LogP contribution in [-0.2, 0) is 18.1 Å². The molecule has 5 nitrogen and oxygen atoms in total. The van der Waals surface area contributed by atoms with Crippen molar-refractivity contribution in [2.24, 2.45) is 0 Å². The largest absolute Gasteiger partial charge is 0.520 e. The number of hydrogen-bond donors (Lipinski definition) is 0. The third kappa shape index (κ3) is 3.37. The normalized spacial score (nSPS) is 11.5. The Kier molecular flexibility index (Phi) is 5.94. The Morgan fingerprint density at radius 1 is 1.21 bits per heavy atom. The van der Waals surface area contributed by atoms with Gasteiger partial charge < -0.3 is 18.2 Å². The van der Waals surface area contributed by atoms with Gasteiger partial charge in [0.2, 0.25) is 5.91 Å². The molecule has 14 heavy (non-hydrogen) atoms. The lowest BCUT2D eigenvalue weighted by Gasteiger charge is -2.28. The average molecular weight is 221 g/mol. The van der Waals surface area contributed by atoms with Crippen molar-refractivity contribution in [3.63, 3.8) is 0 Å². The monoisotopic (exact) mass is 221 g/mol. The molecule has 0 aromatic rings. The summed E-state index contributed by atoms with van der Waals surface area (Å²) in [6.07, 6.45) is 0.849. The zero-order valence-corrected chi connectivity index (χ0v) is 10.5. The van der Waals surface area contributed by atoms with Crippen molar-refractivity contribution in [3.8, 4) is 0 Å². The molecule has 0 aromatic carbocycles. The van der Waals surface area contributed by atoms with E-state index in [9.17, 15) is 4.79 Å². The zero-order chi connectivity index (χ0) is 11.2. The van der Waals surface area contributed by atoms with E-state index in [1.165, 1.54) is 21.3 Å². The zero-order valence-electron chi connectivity index (χ0n) is 9.49. The number of rotatable bonds is 6. The molecule has 0 radical (unpaired) electrons. The summed E-state index contributed by atoms with van der Waals surface area (Å²) in [7, 11) is 3.65. The van der Waals surface area contributed by atoms with Crippen molar-refractivity contribution in [3.05, 3.63) is 0 Å². The second-order valence-corrected chi connectivity index (χ2v) is 5.81. The van der Waals surface area contributed by atoms with Gasteiger partial charge in [0.25, 0.3) is 0 Å². The molecule has 0 rings (SSSR count). The molecule has 0 spiro atoms. The summed E-state index contributed by atoms with van der Waals surface area (Å²) < 4.78 is 15.6. The highest BCUT2D eigenvalue weighted by Gasteiger charge is 2.40. The Bertz CT molecular complexity index is 176. The second kappa shape index (κ2) is 6.13. The van der Waals surface area contributed by atoms with Gasteiger partial charge in [0.1, 0.15) is 0 Å². The molecule has 0 bridgehead atoms. The van der Waals surface area contributed by atoms with Gasteiger partial charge >= 0.3 is 8.80 Å². The van der Waals surface area contributed by atoms with Crippen LogP contribution in [0.3, 0.4) is 0 Å². The first-order chi connectivity index (χ1) is 6.55. The summed E-state index contributed by atoms with van der Waals surface area (Å²) in [5.74, 6) is 0.0491. The van der Waals surface area contributed by atoms with Gasteiger partial charge in [-0.05, 0) is 0 Å². The van der Waals surface area contributed by atoms with Crippen LogP contribution in [0.5, 0.6) is 0 Å². The lowest BCUT2D eigenvalue weighted by molar-refractivity contribution is -0.129. The maximum Gasteiger partial charge on any atom is 0.520 e. The Labute approximate surface area is 86.3 Å². The number of nitrogens with zero attached hydrogens (tertiary/aromatic N) is 1. The fourth-order valence-corrected chi connectivity index (χ4v) is 2.74. The summed E-state index contributed by atoms with van der Waals surface area (Å²) in [4.78, 5) is 12.9. The standard InChI is InChI=1S/C8H19NO4Si/c1-6-8(10)9(2)7-14(11-3,12-4)13-5/h6-7H2,1-5H3. The number of hydrogen-bond acceptors (Lipinski definition) is 4. The van der Waals surface area contributed by atoms with Gasteiger partial charge in [-0.3, -0.25) is 4.79 Å². The van der Waals surface area contributed by atoms with Crippen LogP contribution in [0.1, 0.15) is 13.3 Å². The van der Waals surface area contributed by atoms with E-state index in [4.69, 9.17) is 13.3 Å². The lowest BCUT2D eigenvalue weighted by Crippen LogP contribution is -2.53. The highest BCUT2D eigenvalue weighted by atomic mass is 28.4. The van der Waals surface area contributed by atoms with Crippen LogP contribution < -0.4 is 0 Å². The minimum absolute atomic E-state index is 0.0491. The van der Waals surface area contributed by atoms with Gasteiger partial charge in [0.05, 0.1) is 6.17 Å². The second-order valence-electron chi connectivity index (χ2n) is 2.90. The third-order valence-electron chi connectivity index (χ3n) is 2.09. The molecule has 0 atom stereocenters. The summed E-state index contributed by atoms with van der Waals surface area (Å²) >= 11 is 0. The summed E-state index contributed by atoms with van der Waals surface area (Å²) in [5.41, 5.74) is 0. The van der Waals surface area contributed by atoms with E-state index >= 15 is 0 Å². The predicted octanol–water partition coefficient (Wildman–Crippen LogP) is 0.272. The topological polar surface area (TPSA) is 48.0 Å². The van der Waals surface area contributed by atoms with Crippen LogP contribution >= 0.6 is 0 Å². The molecule has 1 amide bonds. The fraction of sp³-hybridized carbons (Fsp3) is 0.875. The molecule has 0 aromatic heterocycles. The van der Waals surface area contributed by atoms with E-state index < -0.39 is 8.80 Å². The van der Waals surface area contributed by atoms with Crippen LogP contribution in [0.15, 0.2) is 0 Å². The SMILES string of the molecule is CCC(=O)N(C)C[Si](OC)(OC)OC. The van der Waals surface area contributed by atoms with Crippen molar-refractivity contribution in [1.29, 1.82) is 0 Å². The van der Waals surface area contributed by atoms with Gasteiger partial charge in [-0.2, -0.15) is 0 Å². The predicted molar refractivity (Wildman–Crippen MR) is 54.7 cm³/mol. The van der Waals surface area contributed by atoms with Crippen LogP contribution in [0, 0.1) is 0 Å². The minimum atomic E-state index is -2.65. The molecule has 0 saturated heterocycles. The van der Waals surface area contributed by atoms with Crippen LogP contribution in [0.2, 0.25) is 0 Å². The average Bonchev–Trinajstić information content (AvgIpc) is 2.24. The first-order valence-electron chi connectivity index (χ1n) is 4.44. The van der Waals surface area contributed by atoms with Crippen LogP contribution in [0.4, 0.5) is 0 Å². The van der Waals surface area contributed by atoms with E-state index in [0.717, 1.165) is 0 Å². The van der Waals surface area contributed by atoms with Crippen molar-refractivity contribution >= 4 is 14.7 Å². The molecule has 0 aliphatic carbocycles. The molecule has 6 heteroatoms. The molecule has 0 fully saturated rings. The highest BCUT2D eigenvalue weighted by Crippen LogP contribution is 2.08. The third-order valence-corrected chi connectivity index (χ3v) is 4.82.